The maximum atomic E-state index is 12.1. The molecule has 1 aliphatic carbocycles. The molecule has 0 aromatic rings. The van der Waals surface area contributed by atoms with Gasteiger partial charge in [0.2, 0.25) is 5.91 Å². The van der Waals surface area contributed by atoms with Crippen LogP contribution in [0, 0.1) is 5.41 Å². The molecule has 3 atom stereocenters. The van der Waals surface area contributed by atoms with Gasteiger partial charge in [-0.15, -0.1) is 0 Å². The van der Waals surface area contributed by atoms with E-state index in [0.29, 0.717) is 26.4 Å². The fraction of sp³-hybridized carbons (Fsp3) is 0.917. The molecule has 3 unspecified atom stereocenters. The maximum absolute atomic E-state index is 12.1. The van der Waals surface area contributed by atoms with Crippen molar-refractivity contribution in [2.45, 2.75) is 38.3 Å². The summed E-state index contributed by atoms with van der Waals surface area (Å²) in [5, 5.41) is 2.94. The largest absolute Gasteiger partial charge is 0.376 e. The number of nitrogens with one attached hydrogen (secondary N) is 1. The van der Waals surface area contributed by atoms with E-state index in [2.05, 4.69) is 5.32 Å². The van der Waals surface area contributed by atoms with Crippen LogP contribution in [0.3, 0.4) is 0 Å². The van der Waals surface area contributed by atoms with Gasteiger partial charge in [0.1, 0.15) is 0 Å². The first-order chi connectivity index (χ1) is 8.13. The Labute approximate surface area is 102 Å². The molecule has 0 bridgehead atoms. The lowest BCUT2D eigenvalue weighted by molar-refractivity contribution is -0.133. The predicted molar refractivity (Wildman–Crippen MR) is 63.5 cm³/mol. The van der Waals surface area contributed by atoms with Gasteiger partial charge >= 0.3 is 0 Å². The molecule has 3 N–H and O–H groups in total. The number of carbonyl (C=O) groups excluding carboxylic acids is 1. The molecule has 1 amide bonds. The van der Waals surface area contributed by atoms with Crippen molar-refractivity contribution >= 4 is 5.91 Å². The Kier molecular flexibility index (Phi) is 4.01. The van der Waals surface area contributed by atoms with Crippen LogP contribution >= 0.6 is 0 Å². The summed E-state index contributed by atoms with van der Waals surface area (Å²) in [5.74, 6) is 0.0525. The Morgan fingerprint density at radius 2 is 2.35 bits per heavy atom. The number of carbonyl (C=O) groups is 1. The van der Waals surface area contributed by atoms with E-state index in [1.807, 2.05) is 6.92 Å². The van der Waals surface area contributed by atoms with Crippen LogP contribution < -0.4 is 11.1 Å². The molecule has 98 valence electrons. The molecule has 0 aromatic carbocycles. The lowest BCUT2D eigenvalue weighted by Crippen LogP contribution is -2.50. The van der Waals surface area contributed by atoms with Crippen molar-refractivity contribution in [1.29, 1.82) is 0 Å². The number of hydrogen-bond acceptors (Lipinski definition) is 4. The van der Waals surface area contributed by atoms with E-state index in [0.717, 1.165) is 19.3 Å². The smallest absolute Gasteiger partial charge is 0.227 e. The van der Waals surface area contributed by atoms with Crippen LogP contribution in [0.2, 0.25) is 0 Å². The highest BCUT2D eigenvalue weighted by molar-refractivity contribution is 5.83. The van der Waals surface area contributed by atoms with E-state index in [4.69, 9.17) is 15.2 Å². The standard InChI is InChI=1S/C12H22N2O3/c1-12(4-2-3-10(12)13)11(15)14-7-9-8-16-5-6-17-9/h9-10H,2-8,13H2,1H3,(H,14,15). The van der Waals surface area contributed by atoms with Crippen molar-refractivity contribution in [2.75, 3.05) is 26.4 Å². The van der Waals surface area contributed by atoms with Gasteiger partial charge in [-0.25, -0.2) is 0 Å². The Balaban J connectivity index is 1.80. The second kappa shape index (κ2) is 5.33. The summed E-state index contributed by atoms with van der Waals surface area (Å²) in [6.07, 6.45) is 2.83. The van der Waals surface area contributed by atoms with Gasteiger partial charge in [-0.1, -0.05) is 6.42 Å². The third-order valence-corrected chi connectivity index (χ3v) is 3.92. The molecule has 1 aliphatic heterocycles. The first-order valence-corrected chi connectivity index (χ1v) is 6.36. The highest BCUT2D eigenvalue weighted by Crippen LogP contribution is 2.36. The van der Waals surface area contributed by atoms with Crippen LogP contribution in [-0.4, -0.2) is 44.4 Å². The number of hydrogen-bond donors (Lipinski definition) is 2. The van der Waals surface area contributed by atoms with Crippen molar-refractivity contribution in [3.63, 3.8) is 0 Å². The molecule has 0 radical (unpaired) electrons. The van der Waals surface area contributed by atoms with E-state index in [-0.39, 0.29) is 18.1 Å². The Morgan fingerprint density at radius 1 is 1.53 bits per heavy atom. The quantitative estimate of drug-likeness (QED) is 0.732. The summed E-state index contributed by atoms with van der Waals surface area (Å²) in [7, 11) is 0. The zero-order valence-corrected chi connectivity index (χ0v) is 10.4. The lowest BCUT2D eigenvalue weighted by Gasteiger charge is -2.29. The van der Waals surface area contributed by atoms with E-state index in [9.17, 15) is 4.79 Å². The number of amides is 1. The molecule has 1 saturated heterocycles. The topological polar surface area (TPSA) is 73.6 Å². The predicted octanol–water partition coefficient (Wildman–Crippen LogP) is 0.0355. The number of nitrogens with two attached hydrogens (primary N) is 1. The Bertz CT molecular complexity index is 279. The summed E-state index contributed by atoms with van der Waals surface area (Å²) < 4.78 is 10.8. The van der Waals surface area contributed by atoms with E-state index in [1.165, 1.54) is 0 Å². The minimum absolute atomic E-state index is 0.0195. The van der Waals surface area contributed by atoms with Crippen LogP contribution in [0.5, 0.6) is 0 Å². The lowest BCUT2D eigenvalue weighted by atomic mass is 9.84. The summed E-state index contributed by atoms with van der Waals surface area (Å²) in [6.45, 7) is 4.28. The first-order valence-electron chi connectivity index (χ1n) is 6.36. The van der Waals surface area contributed by atoms with Crippen molar-refractivity contribution in [2.24, 2.45) is 11.1 Å². The van der Waals surface area contributed by atoms with Gasteiger partial charge in [0, 0.05) is 12.6 Å². The van der Waals surface area contributed by atoms with Crippen molar-refractivity contribution in [3.8, 4) is 0 Å². The summed E-state index contributed by atoms with van der Waals surface area (Å²) >= 11 is 0. The molecule has 2 rings (SSSR count). The fourth-order valence-electron chi connectivity index (χ4n) is 2.54. The van der Waals surface area contributed by atoms with Gasteiger partial charge in [-0.2, -0.15) is 0 Å². The van der Waals surface area contributed by atoms with Crippen LogP contribution in [-0.2, 0) is 14.3 Å². The second-order valence-corrected chi connectivity index (χ2v) is 5.19. The van der Waals surface area contributed by atoms with E-state index >= 15 is 0 Å². The van der Waals surface area contributed by atoms with Crippen LogP contribution in [0.25, 0.3) is 0 Å². The minimum Gasteiger partial charge on any atom is -0.376 e. The van der Waals surface area contributed by atoms with Gasteiger partial charge < -0.3 is 20.5 Å². The summed E-state index contributed by atoms with van der Waals surface area (Å²) in [6, 6.07) is -0.0222. The van der Waals surface area contributed by atoms with E-state index in [1.54, 1.807) is 0 Å². The molecule has 1 heterocycles. The molecule has 2 fully saturated rings. The second-order valence-electron chi connectivity index (χ2n) is 5.19. The maximum Gasteiger partial charge on any atom is 0.227 e. The third-order valence-electron chi connectivity index (χ3n) is 3.92. The SMILES string of the molecule is CC1(C(=O)NCC2COCCO2)CCCC1N. The normalized spacial score (nSPS) is 38.0. The highest BCUT2D eigenvalue weighted by atomic mass is 16.6. The van der Waals surface area contributed by atoms with Gasteiger partial charge in [0.25, 0.3) is 0 Å². The number of rotatable bonds is 3. The van der Waals surface area contributed by atoms with Gasteiger partial charge in [-0.05, 0) is 19.8 Å². The zero-order valence-electron chi connectivity index (χ0n) is 10.4. The van der Waals surface area contributed by atoms with Crippen LogP contribution in [0.1, 0.15) is 26.2 Å². The average molecular weight is 242 g/mol. The van der Waals surface area contributed by atoms with E-state index < -0.39 is 5.41 Å². The number of ether oxygens (including phenoxy) is 2. The first kappa shape index (κ1) is 12.8. The molecule has 17 heavy (non-hydrogen) atoms. The Morgan fingerprint density at radius 3 is 2.94 bits per heavy atom. The monoisotopic (exact) mass is 242 g/mol. The molecule has 5 nitrogen and oxygen atoms in total. The Hall–Kier alpha value is -0.650. The van der Waals surface area contributed by atoms with Crippen LogP contribution in [0.15, 0.2) is 0 Å². The minimum atomic E-state index is -0.407. The van der Waals surface area contributed by atoms with Crippen molar-refractivity contribution < 1.29 is 14.3 Å². The summed E-state index contributed by atoms with van der Waals surface area (Å²) in [4.78, 5) is 12.1. The van der Waals surface area contributed by atoms with Crippen molar-refractivity contribution in [3.05, 3.63) is 0 Å². The average Bonchev–Trinajstić information content (AvgIpc) is 2.69. The molecule has 0 aromatic heterocycles. The van der Waals surface area contributed by atoms with Crippen LogP contribution in [0.4, 0.5) is 0 Å². The van der Waals surface area contributed by atoms with Gasteiger partial charge in [0.15, 0.2) is 0 Å². The van der Waals surface area contributed by atoms with Gasteiger partial charge in [0.05, 0.1) is 31.3 Å². The third kappa shape index (κ3) is 2.78. The highest BCUT2D eigenvalue weighted by Gasteiger charge is 2.42. The fourth-order valence-corrected chi connectivity index (χ4v) is 2.54. The molecular formula is C12H22N2O3. The van der Waals surface area contributed by atoms with Crippen molar-refractivity contribution in [1.82, 2.24) is 5.32 Å². The molecule has 2 aliphatic rings. The zero-order chi connectivity index (χ0) is 12.3. The van der Waals surface area contributed by atoms with Gasteiger partial charge in [-0.3, -0.25) is 4.79 Å². The molecule has 1 saturated carbocycles. The molecule has 0 spiro atoms. The summed E-state index contributed by atoms with van der Waals surface area (Å²) in [5.41, 5.74) is 5.60. The molecular weight excluding hydrogens is 220 g/mol. The molecule has 5 heteroatoms.